The smallest absolute Gasteiger partial charge is 0.203 e. The third kappa shape index (κ3) is 0.787. The minimum Gasteiger partial charge on any atom is -0.374 e. The second-order valence-electron chi connectivity index (χ2n) is 4.99. The lowest BCUT2D eigenvalue weighted by atomic mass is 10.0. The Morgan fingerprint density at radius 2 is 1.86 bits per heavy atom. The first-order valence-electron chi connectivity index (χ1n) is 5.43. The summed E-state index contributed by atoms with van der Waals surface area (Å²) in [6.07, 6.45) is 4.44. The zero-order chi connectivity index (χ0) is 9.28. The van der Waals surface area contributed by atoms with Crippen LogP contribution < -0.4 is 5.73 Å². The maximum absolute atomic E-state index is 5.62. The van der Waals surface area contributed by atoms with Crippen molar-refractivity contribution < 1.29 is 0 Å². The quantitative estimate of drug-likeness (QED) is 0.765. The molecule has 4 atom stereocenters. The van der Waals surface area contributed by atoms with Gasteiger partial charge in [0.15, 0.2) is 0 Å². The number of hydrogen-bond acceptors (Lipinski definition) is 4. The predicted molar refractivity (Wildman–Crippen MR) is 54.9 cm³/mol. The van der Waals surface area contributed by atoms with Gasteiger partial charge in [0.05, 0.1) is 0 Å². The van der Waals surface area contributed by atoms with Crippen molar-refractivity contribution in [2.75, 3.05) is 5.73 Å². The van der Waals surface area contributed by atoms with Crippen molar-refractivity contribution in [3.63, 3.8) is 0 Å². The molecule has 3 aliphatic rings. The summed E-state index contributed by atoms with van der Waals surface area (Å²) in [6.45, 7) is 0. The van der Waals surface area contributed by atoms with Gasteiger partial charge in [0, 0.05) is 5.92 Å². The van der Waals surface area contributed by atoms with Crippen molar-refractivity contribution in [1.82, 2.24) is 10.2 Å². The van der Waals surface area contributed by atoms with E-state index in [9.17, 15) is 0 Å². The molecule has 2 N–H and O–H groups in total. The molecule has 1 aromatic rings. The van der Waals surface area contributed by atoms with E-state index in [1.54, 1.807) is 11.3 Å². The Kier molecular flexibility index (Phi) is 1.25. The Labute approximate surface area is 86.7 Å². The van der Waals surface area contributed by atoms with E-state index < -0.39 is 0 Å². The van der Waals surface area contributed by atoms with Gasteiger partial charge < -0.3 is 5.73 Å². The first-order valence-corrected chi connectivity index (χ1v) is 6.25. The molecule has 4 rings (SSSR count). The molecule has 14 heavy (non-hydrogen) atoms. The van der Waals surface area contributed by atoms with Crippen molar-refractivity contribution >= 4 is 16.5 Å². The highest BCUT2D eigenvalue weighted by Crippen LogP contribution is 2.73. The van der Waals surface area contributed by atoms with Gasteiger partial charge in [0.1, 0.15) is 5.01 Å². The Hall–Kier alpha value is -0.640. The average molecular weight is 207 g/mol. The molecule has 74 valence electrons. The first kappa shape index (κ1) is 7.63. The van der Waals surface area contributed by atoms with Gasteiger partial charge in [-0.1, -0.05) is 11.3 Å². The molecule has 0 radical (unpaired) electrons. The van der Waals surface area contributed by atoms with E-state index in [0.29, 0.717) is 5.13 Å². The fourth-order valence-corrected chi connectivity index (χ4v) is 4.86. The summed E-state index contributed by atoms with van der Waals surface area (Å²) in [5.41, 5.74) is 5.62. The van der Waals surface area contributed by atoms with Crippen LogP contribution in [-0.4, -0.2) is 10.2 Å². The Morgan fingerprint density at radius 3 is 2.43 bits per heavy atom. The molecular formula is C10H13N3S. The van der Waals surface area contributed by atoms with Crippen LogP contribution in [0, 0.1) is 23.7 Å². The highest BCUT2D eigenvalue weighted by atomic mass is 32.1. The van der Waals surface area contributed by atoms with Gasteiger partial charge in [0.25, 0.3) is 0 Å². The minimum atomic E-state index is 0.636. The average Bonchev–Trinajstić information content (AvgIpc) is 2.58. The van der Waals surface area contributed by atoms with Gasteiger partial charge >= 0.3 is 0 Å². The van der Waals surface area contributed by atoms with Crippen molar-refractivity contribution in [3.05, 3.63) is 5.01 Å². The van der Waals surface area contributed by atoms with Crippen LogP contribution in [0.1, 0.15) is 30.2 Å². The number of anilines is 1. The van der Waals surface area contributed by atoms with Crippen LogP contribution >= 0.6 is 11.3 Å². The minimum absolute atomic E-state index is 0.636. The molecule has 1 heterocycles. The van der Waals surface area contributed by atoms with Crippen LogP contribution in [0.25, 0.3) is 0 Å². The fourth-order valence-electron chi connectivity index (χ4n) is 4.04. The maximum Gasteiger partial charge on any atom is 0.203 e. The molecule has 3 aliphatic carbocycles. The number of nitrogen functional groups attached to an aromatic ring is 1. The Morgan fingerprint density at radius 1 is 1.14 bits per heavy atom. The van der Waals surface area contributed by atoms with E-state index in [2.05, 4.69) is 10.2 Å². The number of nitrogens with zero attached hydrogens (tertiary/aromatic N) is 2. The predicted octanol–water partition coefficient (Wildman–Crippen LogP) is 1.88. The van der Waals surface area contributed by atoms with Gasteiger partial charge in [-0.3, -0.25) is 0 Å². The summed E-state index contributed by atoms with van der Waals surface area (Å²) >= 11 is 1.60. The normalized spacial score (nSPS) is 48.1. The van der Waals surface area contributed by atoms with Gasteiger partial charge in [-0.15, -0.1) is 10.2 Å². The second-order valence-corrected chi connectivity index (χ2v) is 6.03. The molecule has 3 nitrogen and oxygen atoms in total. The molecule has 0 aromatic carbocycles. The van der Waals surface area contributed by atoms with Gasteiger partial charge in [-0.05, 0) is 42.9 Å². The molecule has 4 heteroatoms. The summed E-state index contributed by atoms with van der Waals surface area (Å²) < 4.78 is 0. The lowest BCUT2D eigenvalue weighted by Gasteiger charge is -2.04. The monoisotopic (exact) mass is 207 g/mol. The molecule has 0 amide bonds. The summed E-state index contributed by atoms with van der Waals surface area (Å²) in [5.74, 6) is 4.69. The Balaban J connectivity index is 1.66. The summed E-state index contributed by atoms with van der Waals surface area (Å²) in [5, 5.41) is 9.98. The second kappa shape index (κ2) is 2.30. The Bertz CT molecular complexity index is 372. The fraction of sp³-hybridized carbons (Fsp3) is 0.800. The zero-order valence-electron chi connectivity index (χ0n) is 7.89. The molecular weight excluding hydrogens is 194 g/mol. The molecule has 3 fully saturated rings. The highest BCUT2D eigenvalue weighted by molar-refractivity contribution is 7.15. The number of rotatable bonds is 1. The molecule has 2 bridgehead atoms. The van der Waals surface area contributed by atoms with E-state index in [0.717, 1.165) is 29.6 Å². The number of hydrogen-bond donors (Lipinski definition) is 1. The van der Waals surface area contributed by atoms with Crippen LogP contribution in [0.3, 0.4) is 0 Å². The van der Waals surface area contributed by atoms with Crippen LogP contribution in [0.2, 0.25) is 0 Å². The van der Waals surface area contributed by atoms with Crippen molar-refractivity contribution in [2.45, 2.75) is 25.2 Å². The lowest BCUT2D eigenvalue weighted by molar-refractivity contribution is 0.456. The van der Waals surface area contributed by atoms with Gasteiger partial charge in [0.2, 0.25) is 5.13 Å². The standard InChI is InChI=1S/C10H13N3S/c11-10-13-12-9(14-10)8-6-4-1-2-5(3-4)7(6)8/h4-8H,1-3H2,(H2,11,13). The molecule has 0 spiro atoms. The van der Waals surface area contributed by atoms with Crippen molar-refractivity contribution in [3.8, 4) is 0 Å². The maximum atomic E-state index is 5.62. The summed E-state index contributed by atoms with van der Waals surface area (Å²) in [7, 11) is 0. The van der Waals surface area contributed by atoms with E-state index >= 15 is 0 Å². The molecule has 1 aromatic heterocycles. The first-order chi connectivity index (χ1) is 6.84. The summed E-state index contributed by atoms with van der Waals surface area (Å²) in [4.78, 5) is 0. The van der Waals surface area contributed by atoms with E-state index in [4.69, 9.17) is 5.73 Å². The molecule has 3 saturated carbocycles. The van der Waals surface area contributed by atoms with E-state index in [1.165, 1.54) is 24.3 Å². The van der Waals surface area contributed by atoms with Crippen LogP contribution in [0.4, 0.5) is 5.13 Å². The van der Waals surface area contributed by atoms with E-state index in [1.807, 2.05) is 0 Å². The van der Waals surface area contributed by atoms with Crippen LogP contribution in [-0.2, 0) is 0 Å². The number of aromatic nitrogens is 2. The van der Waals surface area contributed by atoms with Crippen molar-refractivity contribution in [2.24, 2.45) is 23.7 Å². The lowest BCUT2D eigenvalue weighted by Crippen LogP contribution is -1.96. The summed E-state index contributed by atoms with van der Waals surface area (Å²) in [6, 6.07) is 0. The SMILES string of the molecule is Nc1nnc(C2C3C4CCC(C4)C23)s1. The molecule has 0 saturated heterocycles. The zero-order valence-corrected chi connectivity index (χ0v) is 8.70. The largest absolute Gasteiger partial charge is 0.374 e. The topological polar surface area (TPSA) is 51.8 Å². The van der Waals surface area contributed by atoms with Gasteiger partial charge in [-0.2, -0.15) is 0 Å². The van der Waals surface area contributed by atoms with Crippen molar-refractivity contribution in [1.29, 1.82) is 0 Å². The number of nitrogens with two attached hydrogens (primary N) is 1. The van der Waals surface area contributed by atoms with E-state index in [-0.39, 0.29) is 0 Å². The third-order valence-corrected chi connectivity index (χ3v) is 5.33. The highest BCUT2D eigenvalue weighted by Gasteiger charge is 2.66. The van der Waals surface area contributed by atoms with Crippen LogP contribution in [0.15, 0.2) is 0 Å². The molecule has 4 unspecified atom stereocenters. The van der Waals surface area contributed by atoms with Gasteiger partial charge in [-0.25, -0.2) is 0 Å². The van der Waals surface area contributed by atoms with Crippen LogP contribution in [0.5, 0.6) is 0 Å². The third-order valence-electron chi connectivity index (χ3n) is 4.48. The molecule has 0 aliphatic heterocycles. The number of fused-ring (bicyclic) bond motifs is 5.